The molecule has 0 aliphatic heterocycles. The lowest BCUT2D eigenvalue weighted by Gasteiger charge is -2.09. The second-order valence-electron chi connectivity index (χ2n) is 4.18. The van der Waals surface area contributed by atoms with Crippen LogP contribution in [-0.4, -0.2) is 10.0 Å². The van der Waals surface area contributed by atoms with Crippen molar-refractivity contribution < 1.29 is 10.0 Å². The number of nitrogen functional groups attached to an aromatic ring is 1. The van der Waals surface area contributed by atoms with Crippen LogP contribution in [0.4, 0.5) is 22.7 Å². The summed E-state index contributed by atoms with van der Waals surface area (Å²) >= 11 is 0. The molecule has 0 atom stereocenters. The second-order valence-corrected chi connectivity index (χ2v) is 4.18. The fraction of sp³-hybridized carbons (Fsp3) is 0.0769. The lowest BCUT2D eigenvalue weighted by molar-refractivity contribution is -0.383. The lowest BCUT2D eigenvalue weighted by atomic mass is 10.2. The molecule has 6 heteroatoms. The van der Waals surface area contributed by atoms with E-state index in [1.54, 1.807) is 24.3 Å². The van der Waals surface area contributed by atoms with E-state index in [0.717, 1.165) is 5.56 Å². The van der Waals surface area contributed by atoms with E-state index >= 15 is 0 Å². The number of hydrogen-bond acceptors (Lipinski definition) is 5. The standard InChI is InChI=1S/C13H13N3O3/c1-8-2-4-11(13(17)6-8)15-10-5-3-9(14)7-12(10)16(18)19/h2-7,15,17H,14H2,1H3. The first-order chi connectivity index (χ1) is 8.97. The molecule has 0 fully saturated rings. The Morgan fingerprint density at radius 3 is 2.53 bits per heavy atom. The quantitative estimate of drug-likeness (QED) is 0.340. The molecule has 0 saturated carbocycles. The van der Waals surface area contributed by atoms with Gasteiger partial charge in [0.25, 0.3) is 5.69 Å². The molecule has 2 rings (SSSR count). The second kappa shape index (κ2) is 4.85. The van der Waals surface area contributed by atoms with Gasteiger partial charge in [-0.05, 0) is 36.8 Å². The van der Waals surface area contributed by atoms with Gasteiger partial charge in [0.15, 0.2) is 0 Å². The van der Waals surface area contributed by atoms with E-state index in [2.05, 4.69) is 5.32 Å². The Kier molecular flexibility index (Phi) is 3.24. The Morgan fingerprint density at radius 1 is 1.21 bits per heavy atom. The van der Waals surface area contributed by atoms with Gasteiger partial charge in [0.1, 0.15) is 11.4 Å². The lowest BCUT2D eigenvalue weighted by Crippen LogP contribution is -1.98. The molecule has 0 unspecified atom stereocenters. The number of nitrogens with one attached hydrogen (secondary N) is 1. The van der Waals surface area contributed by atoms with Gasteiger partial charge < -0.3 is 16.2 Å². The van der Waals surface area contributed by atoms with E-state index in [9.17, 15) is 15.2 Å². The predicted molar refractivity (Wildman–Crippen MR) is 73.6 cm³/mol. The van der Waals surface area contributed by atoms with Gasteiger partial charge in [0.2, 0.25) is 0 Å². The van der Waals surface area contributed by atoms with E-state index in [-0.39, 0.29) is 17.1 Å². The molecule has 2 aromatic rings. The van der Waals surface area contributed by atoms with Gasteiger partial charge in [0.05, 0.1) is 10.6 Å². The molecular formula is C13H13N3O3. The van der Waals surface area contributed by atoms with Crippen LogP contribution in [0.1, 0.15) is 5.56 Å². The molecule has 0 aromatic heterocycles. The first-order valence-electron chi connectivity index (χ1n) is 5.58. The van der Waals surface area contributed by atoms with Crippen molar-refractivity contribution in [1.29, 1.82) is 0 Å². The topological polar surface area (TPSA) is 101 Å². The number of nitro benzene ring substituents is 1. The van der Waals surface area contributed by atoms with Gasteiger partial charge in [-0.1, -0.05) is 6.07 Å². The third-order valence-corrected chi connectivity index (χ3v) is 2.64. The van der Waals surface area contributed by atoms with Gasteiger partial charge in [-0.3, -0.25) is 10.1 Å². The third-order valence-electron chi connectivity index (χ3n) is 2.64. The molecule has 4 N–H and O–H groups in total. The smallest absolute Gasteiger partial charge is 0.294 e. The first-order valence-corrected chi connectivity index (χ1v) is 5.58. The number of nitrogens with zero attached hydrogens (tertiary/aromatic N) is 1. The maximum atomic E-state index is 11.0. The summed E-state index contributed by atoms with van der Waals surface area (Å²) in [7, 11) is 0. The zero-order chi connectivity index (χ0) is 14.0. The summed E-state index contributed by atoms with van der Waals surface area (Å²) in [6.45, 7) is 1.84. The number of hydrogen-bond donors (Lipinski definition) is 3. The normalized spacial score (nSPS) is 10.2. The summed E-state index contributed by atoms with van der Waals surface area (Å²) in [5.74, 6) is 0.0334. The van der Waals surface area contributed by atoms with Gasteiger partial charge in [0, 0.05) is 11.8 Å². The van der Waals surface area contributed by atoms with Crippen LogP contribution in [0.15, 0.2) is 36.4 Å². The number of aromatic hydroxyl groups is 1. The van der Waals surface area contributed by atoms with Crippen LogP contribution in [0, 0.1) is 17.0 Å². The molecule has 0 saturated heterocycles. The highest BCUT2D eigenvalue weighted by atomic mass is 16.6. The molecule has 6 nitrogen and oxygen atoms in total. The molecule has 0 aliphatic carbocycles. The summed E-state index contributed by atoms with van der Waals surface area (Å²) in [5.41, 5.74) is 7.27. The van der Waals surface area contributed by atoms with E-state index in [0.29, 0.717) is 11.4 Å². The number of aryl methyl sites for hydroxylation is 1. The van der Waals surface area contributed by atoms with Crippen molar-refractivity contribution in [3.8, 4) is 5.75 Å². The number of nitro groups is 1. The van der Waals surface area contributed by atoms with Crippen LogP contribution in [0.3, 0.4) is 0 Å². The van der Waals surface area contributed by atoms with Crippen LogP contribution >= 0.6 is 0 Å². The SMILES string of the molecule is Cc1ccc(Nc2ccc(N)cc2[N+](=O)[O-])c(O)c1. The van der Waals surface area contributed by atoms with E-state index in [1.807, 2.05) is 6.92 Å². The van der Waals surface area contributed by atoms with Crippen molar-refractivity contribution >= 4 is 22.7 Å². The monoisotopic (exact) mass is 259 g/mol. The van der Waals surface area contributed by atoms with Crippen LogP contribution in [0.2, 0.25) is 0 Å². The minimum atomic E-state index is -0.524. The molecule has 0 heterocycles. The summed E-state index contributed by atoms with van der Waals surface area (Å²) in [6, 6.07) is 9.36. The van der Waals surface area contributed by atoms with E-state index in [4.69, 9.17) is 5.73 Å². The molecule has 0 radical (unpaired) electrons. The Bertz CT molecular complexity index is 641. The Hall–Kier alpha value is -2.76. The molecule has 98 valence electrons. The fourth-order valence-corrected chi connectivity index (χ4v) is 1.70. The first kappa shape index (κ1) is 12.7. The van der Waals surface area contributed by atoms with Gasteiger partial charge >= 0.3 is 0 Å². The number of anilines is 3. The number of nitrogens with two attached hydrogens (primary N) is 1. The highest BCUT2D eigenvalue weighted by Crippen LogP contribution is 2.33. The van der Waals surface area contributed by atoms with Crippen LogP contribution in [0.5, 0.6) is 5.75 Å². The Morgan fingerprint density at radius 2 is 1.89 bits per heavy atom. The average Bonchev–Trinajstić information content (AvgIpc) is 2.34. The number of rotatable bonds is 3. The van der Waals surface area contributed by atoms with Crippen molar-refractivity contribution in [2.24, 2.45) is 0 Å². The Labute approximate surface area is 109 Å². The summed E-state index contributed by atoms with van der Waals surface area (Å²) in [4.78, 5) is 10.4. The number of benzene rings is 2. The fourth-order valence-electron chi connectivity index (χ4n) is 1.70. The predicted octanol–water partition coefficient (Wildman–Crippen LogP) is 2.93. The number of phenolic OH excluding ortho intramolecular Hbond substituents is 1. The van der Waals surface area contributed by atoms with Crippen LogP contribution in [0.25, 0.3) is 0 Å². The summed E-state index contributed by atoms with van der Waals surface area (Å²) in [5, 5.41) is 23.6. The molecule has 0 aliphatic rings. The van der Waals surface area contributed by atoms with Crippen LogP contribution in [-0.2, 0) is 0 Å². The average molecular weight is 259 g/mol. The molecule has 19 heavy (non-hydrogen) atoms. The minimum absolute atomic E-state index is 0.0334. The Balaban J connectivity index is 2.40. The van der Waals surface area contributed by atoms with Crippen molar-refractivity contribution in [2.45, 2.75) is 6.92 Å². The summed E-state index contributed by atoms with van der Waals surface area (Å²) in [6.07, 6.45) is 0. The van der Waals surface area contributed by atoms with Gasteiger partial charge in [-0.25, -0.2) is 0 Å². The van der Waals surface area contributed by atoms with Gasteiger partial charge in [-0.15, -0.1) is 0 Å². The largest absolute Gasteiger partial charge is 0.506 e. The van der Waals surface area contributed by atoms with Gasteiger partial charge in [-0.2, -0.15) is 0 Å². The van der Waals surface area contributed by atoms with Crippen molar-refractivity contribution in [2.75, 3.05) is 11.1 Å². The zero-order valence-corrected chi connectivity index (χ0v) is 10.3. The molecular weight excluding hydrogens is 246 g/mol. The third kappa shape index (κ3) is 2.74. The summed E-state index contributed by atoms with van der Waals surface area (Å²) < 4.78 is 0. The maximum Gasteiger partial charge on any atom is 0.294 e. The van der Waals surface area contributed by atoms with Crippen molar-refractivity contribution in [1.82, 2.24) is 0 Å². The van der Waals surface area contributed by atoms with Crippen LogP contribution < -0.4 is 11.1 Å². The van der Waals surface area contributed by atoms with Crippen molar-refractivity contribution in [3.05, 3.63) is 52.1 Å². The maximum absolute atomic E-state index is 11.0. The molecule has 0 spiro atoms. The van der Waals surface area contributed by atoms with E-state index < -0.39 is 4.92 Å². The zero-order valence-electron chi connectivity index (χ0n) is 10.3. The van der Waals surface area contributed by atoms with E-state index in [1.165, 1.54) is 12.1 Å². The molecule has 0 amide bonds. The minimum Gasteiger partial charge on any atom is -0.506 e. The number of phenols is 1. The van der Waals surface area contributed by atoms with Crippen molar-refractivity contribution in [3.63, 3.8) is 0 Å². The molecule has 2 aromatic carbocycles. The highest BCUT2D eigenvalue weighted by Gasteiger charge is 2.15. The molecule has 0 bridgehead atoms. The highest BCUT2D eigenvalue weighted by molar-refractivity contribution is 5.75.